The molecule has 0 saturated carbocycles. The highest BCUT2D eigenvalue weighted by Crippen LogP contribution is 2.41. The Kier molecular flexibility index (Phi) is 7.49. The SMILES string of the molecule is c1ccc(-c2nc(-c3ccccc3-c3ccccc3)nc(-c3ccc(-c4ccc(-c5ccccc5)c5ccccc45)c4ccccc34)n2)cc1. The Morgan fingerprint density at radius 3 is 1.10 bits per heavy atom. The van der Waals surface area contributed by atoms with E-state index < -0.39 is 0 Å². The summed E-state index contributed by atoms with van der Waals surface area (Å²) in [7, 11) is 0. The smallest absolute Gasteiger partial charge is 0.164 e. The Balaban J connectivity index is 1.25. The maximum absolute atomic E-state index is 5.21. The summed E-state index contributed by atoms with van der Waals surface area (Å²) in [6, 6.07) is 65.8. The summed E-state index contributed by atoms with van der Waals surface area (Å²) in [4.78, 5) is 15.4. The molecule has 1 heterocycles. The molecule has 0 bridgehead atoms. The molecule has 3 nitrogen and oxygen atoms in total. The van der Waals surface area contributed by atoms with Crippen LogP contribution in [-0.2, 0) is 0 Å². The van der Waals surface area contributed by atoms with E-state index in [1.165, 1.54) is 33.0 Å². The van der Waals surface area contributed by atoms with Crippen molar-refractivity contribution >= 4 is 21.5 Å². The van der Waals surface area contributed by atoms with Crippen molar-refractivity contribution in [2.75, 3.05) is 0 Å². The fourth-order valence-corrected chi connectivity index (χ4v) is 7.01. The van der Waals surface area contributed by atoms with E-state index in [0.29, 0.717) is 17.5 Å². The van der Waals surface area contributed by atoms with Crippen LogP contribution in [0.2, 0.25) is 0 Å². The molecule has 0 amide bonds. The van der Waals surface area contributed by atoms with Crippen LogP contribution in [0, 0.1) is 0 Å². The standard InChI is InChI=1S/C47H31N3/c1-4-16-32(17-5-1)35-22-10-15-27-43(35)46-48-45(34-20-8-3-9-21-34)49-47(50-46)44-31-30-42(39-25-13-14-26-40(39)44)41-29-28-36(33-18-6-2-7-19-33)37-23-11-12-24-38(37)41/h1-31H. The van der Waals surface area contributed by atoms with Gasteiger partial charge in [-0.05, 0) is 61.0 Å². The summed E-state index contributed by atoms with van der Waals surface area (Å²) < 4.78 is 0. The zero-order chi connectivity index (χ0) is 33.3. The van der Waals surface area contributed by atoms with Gasteiger partial charge in [-0.15, -0.1) is 0 Å². The number of aromatic nitrogens is 3. The van der Waals surface area contributed by atoms with E-state index in [1.54, 1.807) is 0 Å². The summed E-state index contributed by atoms with van der Waals surface area (Å²) >= 11 is 0. The lowest BCUT2D eigenvalue weighted by atomic mass is 9.89. The van der Waals surface area contributed by atoms with Gasteiger partial charge in [0.2, 0.25) is 0 Å². The third-order valence-electron chi connectivity index (χ3n) is 9.38. The largest absolute Gasteiger partial charge is 0.208 e. The third-order valence-corrected chi connectivity index (χ3v) is 9.38. The molecule has 0 N–H and O–H groups in total. The number of rotatable bonds is 6. The van der Waals surface area contributed by atoms with E-state index in [0.717, 1.165) is 38.6 Å². The van der Waals surface area contributed by atoms with Crippen LogP contribution in [0.5, 0.6) is 0 Å². The van der Waals surface area contributed by atoms with Crippen molar-refractivity contribution in [1.29, 1.82) is 0 Å². The van der Waals surface area contributed by atoms with Crippen LogP contribution in [0.15, 0.2) is 188 Å². The zero-order valence-electron chi connectivity index (χ0n) is 27.2. The van der Waals surface area contributed by atoms with Gasteiger partial charge < -0.3 is 0 Å². The minimum atomic E-state index is 0.642. The lowest BCUT2D eigenvalue weighted by Gasteiger charge is -2.16. The van der Waals surface area contributed by atoms with Crippen molar-refractivity contribution in [2.24, 2.45) is 0 Å². The average molecular weight is 638 g/mol. The van der Waals surface area contributed by atoms with Crippen molar-refractivity contribution in [3.8, 4) is 67.5 Å². The lowest BCUT2D eigenvalue weighted by molar-refractivity contribution is 1.08. The van der Waals surface area contributed by atoms with Crippen LogP contribution in [0.4, 0.5) is 0 Å². The Morgan fingerprint density at radius 1 is 0.200 bits per heavy atom. The van der Waals surface area contributed by atoms with Crippen LogP contribution < -0.4 is 0 Å². The van der Waals surface area contributed by atoms with Crippen molar-refractivity contribution in [3.63, 3.8) is 0 Å². The summed E-state index contributed by atoms with van der Waals surface area (Å²) in [5.74, 6) is 1.93. The van der Waals surface area contributed by atoms with Crippen molar-refractivity contribution < 1.29 is 0 Å². The molecule has 50 heavy (non-hydrogen) atoms. The minimum absolute atomic E-state index is 0.642. The molecule has 0 aliphatic carbocycles. The molecular weight excluding hydrogens is 607 g/mol. The highest BCUT2D eigenvalue weighted by molar-refractivity contribution is 6.11. The maximum atomic E-state index is 5.21. The highest BCUT2D eigenvalue weighted by atomic mass is 15.0. The van der Waals surface area contributed by atoms with Crippen molar-refractivity contribution in [3.05, 3.63) is 188 Å². The van der Waals surface area contributed by atoms with Crippen molar-refractivity contribution in [2.45, 2.75) is 0 Å². The topological polar surface area (TPSA) is 38.7 Å². The molecule has 0 atom stereocenters. The van der Waals surface area contributed by atoms with Gasteiger partial charge in [0, 0.05) is 16.7 Å². The molecule has 1 aromatic heterocycles. The second kappa shape index (κ2) is 12.7. The predicted molar refractivity (Wildman–Crippen MR) is 207 cm³/mol. The summed E-state index contributed by atoms with van der Waals surface area (Å²) in [5, 5.41) is 4.69. The van der Waals surface area contributed by atoms with Crippen LogP contribution in [0.1, 0.15) is 0 Å². The van der Waals surface area contributed by atoms with E-state index in [2.05, 4.69) is 158 Å². The Hall–Kier alpha value is -6.71. The third kappa shape index (κ3) is 5.32. The first-order valence-electron chi connectivity index (χ1n) is 16.9. The van der Waals surface area contributed by atoms with Crippen LogP contribution in [-0.4, -0.2) is 15.0 Å². The fourth-order valence-electron chi connectivity index (χ4n) is 7.01. The number of nitrogens with zero attached hydrogens (tertiary/aromatic N) is 3. The van der Waals surface area contributed by atoms with Crippen molar-refractivity contribution in [1.82, 2.24) is 15.0 Å². The van der Waals surface area contributed by atoms with Gasteiger partial charge in [0.05, 0.1) is 0 Å². The molecule has 3 heteroatoms. The molecule has 0 spiro atoms. The molecule has 9 aromatic rings. The summed E-state index contributed by atoms with van der Waals surface area (Å²) in [5.41, 5.74) is 9.88. The highest BCUT2D eigenvalue weighted by Gasteiger charge is 2.19. The molecule has 0 saturated heterocycles. The Labute approximate surface area is 291 Å². The lowest BCUT2D eigenvalue weighted by Crippen LogP contribution is -2.01. The number of fused-ring (bicyclic) bond motifs is 2. The molecule has 0 radical (unpaired) electrons. The summed E-state index contributed by atoms with van der Waals surface area (Å²) in [6.45, 7) is 0. The van der Waals surface area contributed by atoms with Gasteiger partial charge in [-0.3, -0.25) is 0 Å². The molecule has 0 unspecified atom stereocenters. The Bertz CT molecular complexity index is 2630. The molecule has 0 aliphatic heterocycles. The second-order valence-electron chi connectivity index (χ2n) is 12.4. The Morgan fingerprint density at radius 2 is 0.540 bits per heavy atom. The number of benzene rings is 8. The van der Waals surface area contributed by atoms with Gasteiger partial charge in [-0.2, -0.15) is 0 Å². The zero-order valence-corrected chi connectivity index (χ0v) is 27.2. The monoisotopic (exact) mass is 637 g/mol. The molecule has 8 aromatic carbocycles. The molecule has 0 aliphatic rings. The van der Waals surface area contributed by atoms with Gasteiger partial charge in [0.25, 0.3) is 0 Å². The molecular formula is C47H31N3. The van der Waals surface area contributed by atoms with E-state index in [9.17, 15) is 0 Å². The van der Waals surface area contributed by atoms with E-state index in [-0.39, 0.29) is 0 Å². The summed E-state index contributed by atoms with van der Waals surface area (Å²) in [6.07, 6.45) is 0. The average Bonchev–Trinajstić information content (AvgIpc) is 3.21. The first-order chi connectivity index (χ1) is 24.8. The minimum Gasteiger partial charge on any atom is -0.208 e. The quantitative estimate of drug-likeness (QED) is 0.182. The van der Waals surface area contributed by atoms with Crippen LogP contribution >= 0.6 is 0 Å². The van der Waals surface area contributed by atoms with Gasteiger partial charge in [0.1, 0.15) is 0 Å². The molecule has 234 valence electrons. The van der Waals surface area contributed by atoms with Crippen LogP contribution in [0.25, 0.3) is 89.1 Å². The molecule has 9 rings (SSSR count). The fraction of sp³-hybridized carbons (Fsp3) is 0. The number of hydrogen-bond donors (Lipinski definition) is 0. The maximum Gasteiger partial charge on any atom is 0.164 e. The van der Waals surface area contributed by atoms with Gasteiger partial charge >= 0.3 is 0 Å². The normalized spacial score (nSPS) is 11.2. The second-order valence-corrected chi connectivity index (χ2v) is 12.4. The van der Waals surface area contributed by atoms with Gasteiger partial charge in [0.15, 0.2) is 17.5 Å². The van der Waals surface area contributed by atoms with Gasteiger partial charge in [-0.25, -0.2) is 15.0 Å². The van der Waals surface area contributed by atoms with Crippen LogP contribution in [0.3, 0.4) is 0 Å². The van der Waals surface area contributed by atoms with E-state index >= 15 is 0 Å². The molecule has 0 fully saturated rings. The van der Waals surface area contributed by atoms with E-state index in [1.807, 2.05) is 30.3 Å². The van der Waals surface area contributed by atoms with E-state index in [4.69, 9.17) is 15.0 Å². The first kappa shape index (κ1) is 29.4. The predicted octanol–water partition coefficient (Wildman–Crippen LogP) is 12.2. The first-order valence-corrected chi connectivity index (χ1v) is 16.9. The number of hydrogen-bond acceptors (Lipinski definition) is 3. The van der Waals surface area contributed by atoms with Gasteiger partial charge in [-0.1, -0.05) is 182 Å².